The molecule has 1 fully saturated rings. The molecule has 0 bridgehead atoms. The first-order chi connectivity index (χ1) is 8.95. The number of thioether (sulfide) groups is 1. The Morgan fingerprint density at radius 3 is 2.47 bits per heavy atom. The maximum Gasteiger partial charge on any atom is 0.231 e. The van der Waals surface area contributed by atoms with Crippen molar-refractivity contribution in [2.45, 2.75) is 44.3 Å². The summed E-state index contributed by atoms with van der Waals surface area (Å²) in [5, 5.41) is 14.7. The normalized spacial score (nSPS) is 20.5. The third-order valence-electron chi connectivity index (χ3n) is 3.92. The van der Waals surface area contributed by atoms with Crippen LogP contribution in [0.1, 0.15) is 39.5 Å². The molecule has 0 saturated heterocycles. The van der Waals surface area contributed by atoms with Crippen molar-refractivity contribution in [3.8, 4) is 0 Å². The molecule has 0 aliphatic heterocycles. The molecule has 1 amide bonds. The second kappa shape index (κ2) is 7.03. The van der Waals surface area contributed by atoms with E-state index < -0.39 is 5.92 Å². The van der Waals surface area contributed by atoms with Crippen molar-refractivity contribution in [3.05, 3.63) is 0 Å². The number of hydrogen-bond acceptors (Lipinski definition) is 4. The molecule has 1 aliphatic carbocycles. The van der Waals surface area contributed by atoms with Gasteiger partial charge in [0.2, 0.25) is 5.91 Å². The Hall–Kier alpha value is -0.910. The molecule has 1 atom stereocenters. The van der Waals surface area contributed by atoms with Gasteiger partial charge in [-0.3, -0.25) is 4.79 Å². The summed E-state index contributed by atoms with van der Waals surface area (Å²) < 4.78 is 0.169. The minimum atomic E-state index is -0.565. The monoisotopic (exact) mass is 287 g/mol. The molecule has 0 heterocycles. The molecule has 19 heavy (non-hydrogen) atoms. The van der Waals surface area contributed by atoms with Crippen LogP contribution in [0.5, 0.6) is 0 Å². The van der Waals surface area contributed by atoms with Crippen LogP contribution in [0, 0.1) is 11.8 Å². The molecular formula is C13H25N3O2S. The molecule has 0 aromatic carbocycles. The Labute approximate surface area is 119 Å². The van der Waals surface area contributed by atoms with Gasteiger partial charge in [-0.15, -0.1) is 0 Å². The van der Waals surface area contributed by atoms with Crippen LogP contribution in [0.2, 0.25) is 0 Å². The van der Waals surface area contributed by atoms with Gasteiger partial charge in [0.15, 0.2) is 5.84 Å². The van der Waals surface area contributed by atoms with Crippen LogP contribution in [0.3, 0.4) is 0 Å². The smallest absolute Gasteiger partial charge is 0.231 e. The van der Waals surface area contributed by atoms with Gasteiger partial charge in [0.1, 0.15) is 5.92 Å². The fraction of sp³-hybridized carbons (Fsp3) is 0.846. The Morgan fingerprint density at radius 1 is 1.47 bits per heavy atom. The predicted octanol–water partition coefficient (Wildman–Crippen LogP) is 1.80. The zero-order valence-electron chi connectivity index (χ0n) is 12.0. The van der Waals surface area contributed by atoms with Crippen LogP contribution in [0.15, 0.2) is 5.16 Å². The number of oxime groups is 1. The maximum atomic E-state index is 12.2. The lowest BCUT2D eigenvalue weighted by molar-refractivity contribution is -0.124. The highest BCUT2D eigenvalue weighted by atomic mass is 32.2. The number of nitrogens with zero attached hydrogens (tertiary/aromatic N) is 1. The molecule has 1 unspecified atom stereocenters. The fourth-order valence-corrected chi connectivity index (χ4v) is 3.58. The zero-order chi connectivity index (χ0) is 14.5. The first kappa shape index (κ1) is 16.1. The number of carbonyl (C=O) groups excluding carboxylic acids is 1. The van der Waals surface area contributed by atoms with E-state index in [2.05, 4.69) is 16.7 Å². The Balaban J connectivity index is 2.62. The molecular weight excluding hydrogens is 262 g/mol. The van der Waals surface area contributed by atoms with E-state index in [1.165, 1.54) is 12.8 Å². The average Bonchev–Trinajstić information content (AvgIpc) is 2.85. The summed E-state index contributed by atoms with van der Waals surface area (Å²) in [7, 11) is 0. The van der Waals surface area contributed by atoms with E-state index in [0.29, 0.717) is 6.54 Å². The molecule has 5 nitrogen and oxygen atoms in total. The zero-order valence-corrected chi connectivity index (χ0v) is 12.8. The number of nitrogens with two attached hydrogens (primary N) is 1. The standard InChI is InChI=1S/C13H25N3O2S/c1-9(2)10(11(14)16-18)12(17)15-8-13(19-3)6-4-5-7-13/h9-10,18H,4-8H2,1-3H3,(H2,14,16)(H,15,17). The summed E-state index contributed by atoms with van der Waals surface area (Å²) in [6, 6.07) is 0. The number of rotatable bonds is 6. The molecule has 1 saturated carbocycles. The van der Waals surface area contributed by atoms with Gasteiger partial charge >= 0.3 is 0 Å². The third-order valence-corrected chi connectivity index (χ3v) is 5.33. The van der Waals surface area contributed by atoms with Crippen molar-refractivity contribution in [1.82, 2.24) is 5.32 Å². The van der Waals surface area contributed by atoms with Crippen molar-refractivity contribution in [2.75, 3.05) is 12.8 Å². The molecule has 1 rings (SSSR count). The van der Waals surface area contributed by atoms with E-state index in [1.807, 2.05) is 25.6 Å². The number of amides is 1. The molecule has 4 N–H and O–H groups in total. The van der Waals surface area contributed by atoms with Crippen molar-refractivity contribution >= 4 is 23.5 Å². The van der Waals surface area contributed by atoms with E-state index in [-0.39, 0.29) is 22.4 Å². The number of hydrogen-bond donors (Lipinski definition) is 3. The quantitative estimate of drug-likeness (QED) is 0.301. The lowest BCUT2D eigenvalue weighted by Crippen LogP contribution is -2.46. The van der Waals surface area contributed by atoms with Crippen LogP contribution >= 0.6 is 11.8 Å². The predicted molar refractivity (Wildman–Crippen MR) is 79.5 cm³/mol. The highest BCUT2D eigenvalue weighted by Crippen LogP contribution is 2.39. The number of carbonyl (C=O) groups is 1. The molecule has 0 aromatic rings. The lowest BCUT2D eigenvalue weighted by atomic mass is 9.93. The fourth-order valence-electron chi connectivity index (χ4n) is 2.67. The minimum Gasteiger partial charge on any atom is -0.409 e. The second-order valence-corrected chi connectivity index (χ2v) is 6.83. The summed E-state index contributed by atoms with van der Waals surface area (Å²) in [4.78, 5) is 12.2. The molecule has 1 aliphatic rings. The maximum absolute atomic E-state index is 12.2. The van der Waals surface area contributed by atoms with E-state index in [4.69, 9.17) is 10.9 Å². The Kier molecular flexibility index (Phi) is 5.97. The Morgan fingerprint density at radius 2 is 2.05 bits per heavy atom. The van der Waals surface area contributed by atoms with Crippen molar-refractivity contribution in [2.24, 2.45) is 22.7 Å². The van der Waals surface area contributed by atoms with Crippen LogP contribution in [-0.4, -0.2) is 34.5 Å². The van der Waals surface area contributed by atoms with E-state index >= 15 is 0 Å². The van der Waals surface area contributed by atoms with Crippen LogP contribution in [0.4, 0.5) is 0 Å². The number of nitrogens with one attached hydrogen (secondary N) is 1. The minimum absolute atomic E-state index is 0.00436. The largest absolute Gasteiger partial charge is 0.409 e. The van der Waals surface area contributed by atoms with E-state index in [0.717, 1.165) is 12.8 Å². The highest BCUT2D eigenvalue weighted by Gasteiger charge is 2.35. The van der Waals surface area contributed by atoms with Gasteiger partial charge in [-0.1, -0.05) is 31.8 Å². The first-order valence-corrected chi connectivity index (χ1v) is 7.98. The summed E-state index contributed by atoms with van der Waals surface area (Å²) in [6.45, 7) is 4.44. The summed E-state index contributed by atoms with van der Waals surface area (Å²) in [5.74, 6) is -0.724. The molecule has 110 valence electrons. The third kappa shape index (κ3) is 4.03. The van der Waals surface area contributed by atoms with Crippen molar-refractivity contribution in [3.63, 3.8) is 0 Å². The van der Waals surface area contributed by atoms with Crippen LogP contribution in [-0.2, 0) is 4.79 Å². The van der Waals surface area contributed by atoms with Crippen LogP contribution in [0.25, 0.3) is 0 Å². The topological polar surface area (TPSA) is 87.7 Å². The number of amidine groups is 1. The molecule has 0 radical (unpaired) electrons. The van der Waals surface area contributed by atoms with Gasteiger partial charge in [0.05, 0.1) is 0 Å². The Bertz CT molecular complexity index is 339. The molecule has 0 aromatic heterocycles. The first-order valence-electron chi connectivity index (χ1n) is 6.76. The average molecular weight is 287 g/mol. The van der Waals surface area contributed by atoms with Crippen LogP contribution < -0.4 is 11.1 Å². The van der Waals surface area contributed by atoms with E-state index in [1.54, 1.807) is 0 Å². The summed E-state index contributed by atoms with van der Waals surface area (Å²) in [5.41, 5.74) is 5.60. The van der Waals surface area contributed by atoms with Gasteiger partial charge in [-0.05, 0) is 25.0 Å². The highest BCUT2D eigenvalue weighted by molar-refractivity contribution is 8.00. The summed E-state index contributed by atoms with van der Waals surface area (Å²) in [6.07, 6.45) is 6.84. The van der Waals surface area contributed by atoms with Gasteiger partial charge in [0, 0.05) is 11.3 Å². The van der Waals surface area contributed by atoms with Gasteiger partial charge in [-0.25, -0.2) is 0 Å². The molecule has 6 heteroatoms. The SMILES string of the molecule is CSC1(CNC(=O)C(C(N)=NO)C(C)C)CCCC1. The van der Waals surface area contributed by atoms with Crippen molar-refractivity contribution in [1.29, 1.82) is 0 Å². The van der Waals surface area contributed by atoms with Gasteiger partial charge < -0.3 is 16.3 Å². The van der Waals surface area contributed by atoms with Gasteiger partial charge in [0.25, 0.3) is 0 Å². The van der Waals surface area contributed by atoms with Gasteiger partial charge in [-0.2, -0.15) is 11.8 Å². The van der Waals surface area contributed by atoms with E-state index in [9.17, 15) is 4.79 Å². The summed E-state index contributed by atoms with van der Waals surface area (Å²) >= 11 is 1.83. The lowest BCUT2D eigenvalue weighted by Gasteiger charge is -2.28. The molecule has 0 spiro atoms. The second-order valence-electron chi connectivity index (χ2n) is 5.56. The van der Waals surface area contributed by atoms with Crippen molar-refractivity contribution < 1.29 is 10.0 Å².